The number of carbonyl (C=O) groups excluding carboxylic acids is 3. The van der Waals surface area contributed by atoms with Crippen molar-refractivity contribution in [1.29, 1.82) is 0 Å². The fraction of sp³-hybridized carbons (Fsp3) is 0.321. The maximum Gasteiger partial charge on any atom is 0.514 e. The number of hydrogen-bond acceptors (Lipinski definition) is 9. The molecule has 11 heteroatoms. The van der Waals surface area contributed by atoms with Crippen molar-refractivity contribution in [3.63, 3.8) is 0 Å². The van der Waals surface area contributed by atoms with E-state index in [2.05, 4.69) is 11.9 Å². The lowest BCUT2D eigenvalue weighted by Crippen LogP contribution is -2.35. The number of benzene rings is 2. The van der Waals surface area contributed by atoms with Crippen LogP contribution in [0, 0.1) is 0 Å². The van der Waals surface area contributed by atoms with E-state index in [4.69, 9.17) is 18.9 Å². The molecule has 11 nitrogen and oxygen atoms in total. The Hall–Kier alpha value is -4.51. The molecule has 1 aliphatic heterocycles. The number of aliphatic hydroxyl groups is 1. The monoisotopic (exact) mass is 540 g/mol. The van der Waals surface area contributed by atoms with E-state index < -0.39 is 29.8 Å². The van der Waals surface area contributed by atoms with Gasteiger partial charge in [0, 0.05) is 12.3 Å². The number of anilines is 1. The van der Waals surface area contributed by atoms with E-state index in [1.165, 1.54) is 30.2 Å². The molecule has 0 saturated carbocycles. The Bertz CT molecular complexity index is 1260. The number of phenolic OH excluding ortho intramolecular Hbond substituents is 1. The van der Waals surface area contributed by atoms with Gasteiger partial charge in [0.05, 0.1) is 31.0 Å². The first-order valence-electron chi connectivity index (χ1n) is 12.1. The highest BCUT2D eigenvalue weighted by atomic mass is 16.7. The van der Waals surface area contributed by atoms with Crippen LogP contribution < -0.4 is 14.8 Å². The van der Waals surface area contributed by atoms with Crippen LogP contribution in [-0.2, 0) is 9.47 Å². The van der Waals surface area contributed by atoms with Gasteiger partial charge in [-0.3, -0.25) is 10.1 Å². The SMILES string of the molecule is C=CCOC(=O)Nc1cc(O)c(OC)cc1C(=O)N1C=C(c2ccc(OC(=O)OC(C)(C)C)cc2)C[C@H]1CO. The fourth-order valence-corrected chi connectivity index (χ4v) is 3.78. The number of phenols is 1. The van der Waals surface area contributed by atoms with Crippen LogP contribution in [0.15, 0.2) is 55.3 Å². The summed E-state index contributed by atoms with van der Waals surface area (Å²) in [4.78, 5) is 39.1. The third-order valence-electron chi connectivity index (χ3n) is 5.52. The van der Waals surface area contributed by atoms with Gasteiger partial charge in [-0.15, -0.1) is 0 Å². The van der Waals surface area contributed by atoms with Crippen molar-refractivity contribution in [2.45, 2.75) is 38.8 Å². The lowest BCUT2D eigenvalue weighted by atomic mass is 10.0. The van der Waals surface area contributed by atoms with E-state index in [0.717, 1.165) is 11.1 Å². The summed E-state index contributed by atoms with van der Waals surface area (Å²) in [6, 6.07) is 8.52. The Labute approximate surface area is 226 Å². The van der Waals surface area contributed by atoms with Crippen LogP contribution in [0.1, 0.15) is 43.1 Å². The second kappa shape index (κ2) is 12.4. The first-order valence-corrected chi connectivity index (χ1v) is 12.1. The van der Waals surface area contributed by atoms with Gasteiger partial charge < -0.3 is 34.1 Å². The summed E-state index contributed by atoms with van der Waals surface area (Å²) in [6.45, 7) is 8.29. The van der Waals surface area contributed by atoms with Gasteiger partial charge in [-0.05, 0) is 56.5 Å². The second-order valence-electron chi connectivity index (χ2n) is 9.58. The number of hydrogen-bond donors (Lipinski definition) is 3. The number of aromatic hydroxyl groups is 1. The van der Waals surface area contributed by atoms with Gasteiger partial charge in [-0.2, -0.15) is 0 Å². The molecule has 2 amide bonds. The number of carbonyl (C=O) groups is 3. The minimum absolute atomic E-state index is 0.00505. The van der Waals surface area contributed by atoms with Crippen molar-refractivity contribution in [2.24, 2.45) is 0 Å². The van der Waals surface area contributed by atoms with Gasteiger partial charge in [-0.25, -0.2) is 9.59 Å². The fourth-order valence-electron chi connectivity index (χ4n) is 3.78. The first kappa shape index (κ1) is 29.1. The highest BCUT2D eigenvalue weighted by molar-refractivity contribution is 6.05. The number of methoxy groups -OCH3 is 1. The number of nitrogens with zero attached hydrogens (tertiary/aromatic N) is 1. The van der Waals surface area contributed by atoms with Gasteiger partial charge >= 0.3 is 12.2 Å². The summed E-state index contributed by atoms with van der Waals surface area (Å²) in [5.41, 5.74) is 0.808. The van der Waals surface area contributed by atoms with Gasteiger partial charge in [0.15, 0.2) is 11.5 Å². The van der Waals surface area contributed by atoms with E-state index in [9.17, 15) is 24.6 Å². The third kappa shape index (κ3) is 7.51. The summed E-state index contributed by atoms with van der Waals surface area (Å²) >= 11 is 0. The Balaban J connectivity index is 1.86. The van der Waals surface area contributed by atoms with E-state index >= 15 is 0 Å². The predicted molar refractivity (Wildman–Crippen MR) is 143 cm³/mol. The topological polar surface area (TPSA) is 144 Å². The molecule has 1 heterocycles. The molecule has 0 bridgehead atoms. The Morgan fingerprint density at radius 3 is 2.46 bits per heavy atom. The summed E-state index contributed by atoms with van der Waals surface area (Å²) in [6.07, 6.45) is 1.66. The molecular weight excluding hydrogens is 508 g/mol. The maximum absolute atomic E-state index is 13.6. The minimum atomic E-state index is -0.849. The molecule has 0 saturated heterocycles. The molecule has 1 atom stereocenters. The standard InChI is InChI=1S/C28H32N2O9/c1-6-11-37-26(34)29-22-14-23(32)24(36-5)13-21(22)25(33)30-15-18(12-19(30)16-31)17-7-9-20(10-8-17)38-27(35)39-28(2,3)4/h6-10,13-15,19,31-32H,1,11-12,16H2,2-5H3,(H,29,34)/t19-/m0/s1. The predicted octanol–water partition coefficient (Wildman–Crippen LogP) is 4.70. The van der Waals surface area contributed by atoms with Crippen molar-refractivity contribution in [3.05, 3.63) is 66.4 Å². The van der Waals surface area contributed by atoms with Crippen molar-refractivity contribution in [2.75, 3.05) is 25.6 Å². The molecule has 3 rings (SSSR count). The van der Waals surface area contributed by atoms with E-state index in [-0.39, 0.29) is 41.7 Å². The van der Waals surface area contributed by atoms with Crippen LogP contribution in [0.5, 0.6) is 17.2 Å². The molecule has 3 N–H and O–H groups in total. The first-order chi connectivity index (χ1) is 18.4. The Morgan fingerprint density at radius 2 is 1.87 bits per heavy atom. The van der Waals surface area contributed by atoms with E-state index in [1.807, 2.05) is 0 Å². The third-order valence-corrected chi connectivity index (χ3v) is 5.52. The Morgan fingerprint density at radius 1 is 1.18 bits per heavy atom. The summed E-state index contributed by atoms with van der Waals surface area (Å²) in [5.74, 6) is -0.536. The smallest absolute Gasteiger partial charge is 0.504 e. The minimum Gasteiger partial charge on any atom is -0.504 e. The molecule has 208 valence electrons. The van der Waals surface area contributed by atoms with E-state index in [0.29, 0.717) is 6.42 Å². The second-order valence-corrected chi connectivity index (χ2v) is 9.58. The van der Waals surface area contributed by atoms with Crippen molar-refractivity contribution >= 4 is 29.4 Å². The molecule has 0 spiro atoms. The molecule has 0 aromatic heterocycles. The summed E-state index contributed by atoms with van der Waals surface area (Å²) in [5, 5.41) is 22.7. The van der Waals surface area contributed by atoms with Gasteiger partial charge in [0.2, 0.25) is 0 Å². The zero-order chi connectivity index (χ0) is 28.7. The molecule has 0 radical (unpaired) electrons. The Kier molecular flexibility index (Phi) is 9.20. The number of nitrogens with one attached hydrogen (secondary N) is 1. The molecule has 0 fully saturated rings. The molecular formula is C28H32N2O9. The molecule has 0 aliphatic carbocycles. The highest BCUT2D eigenvalue weighted by Gasteiger charge is 2.32. The molecule has 2 aromatic carbocycles. The quantitative estimate of drug-likeness (QED) is 0.247. The van der Waals surface area contributed by atoms with Crippen molar-refractivity contribution in [1.82, 2.24) is 4.90 Å². The average Bonchev–Trinajstić information content (AvgIpc) is 3.31. The van der Waals surface area contributed by atoms with Gasteiger partial charge in [0.1, 0.15) is 18.0 Å². The van der Waals surface area contributed by atoms with Crippen LogP contribution >= 0.6 is 0 Å². The van der Waals surface area contributed by atoms with Gasteiger partial charge in [-0.1, -0.05) is 24.8 Å². The largest absolute Gasteiger partial charge is 0.514 e. The van der Waals surface area contributed by atoms with Crippen LogP contribution in [-0.4, -0.2) is 65.2 Å². The number of ether oxygens (including phenoxy) is 4. The molecule has 0 unspecified atom stereocenters. The lowest BCUT2D eigenvalue weighted by molar-refractivity contribution is 0.0206. The normalized spacial score (nSPS) is 14.7. The molecule has 2 aromatic rings. The van der Waals surface area contributed by atoms with Gasteiger partial charge in [0.25, 0.3) is 5.91 Å². The highest BCUT2D eigenvalue weighted by Crippen LogP contribution is 2.36. The number of aliphatic hydroxyl groups excluding tert-OH is 1. The molecule has 39 heavy (non-hydrogen) atoms. The summed E-state index contributed by atoms with van der Waals surface area (Å²) < 4.78 is 20.4. The molecule has 1 aliphatic rings. The van der Waals surface area contributed by atoms with Crippen molar-refractivity contribution < 1.29 is 43.5 Å². The number of amides is 2. The van der Waals surface area contributed by atoms with Crippen LogP contribution in [0.4, 0.5) is 15.3 Å². The maximum atomic E-state index is 13.6. The van der Waals surface area contributed by atoms with Crippen LogP contribution in [0.3, 0.4) is 0 Å². The zero-order valence-electron chi connectivity index (χ0n) is 22.2. The number of rotatable bonds is 8. The zero-order valence-corrected chi connectivity index (χ0v) is 22.2. The van der Waals surface area contributed by atoms with E-state index in [1.54, 1.807) is 51.2 Å². The lowest BCUT2D eigenvalue weighted by Gasteiger charge is -2.23. The van der Waals surface area contributed by atoms with Crippen molar-refractivity contribution in [3.8, 4) is 17.2 Å². The van der Waals surface area contributed by atoms with Crippen LogP contribution in [0.2, 0.25) is 0 Å². The summed E-state index contributed by atoms with van der Waals surface area (Å²) in [7, 11) is 1.33. The van der Waals surface area contributed by atoms with Crippen LogP contribution in [0.25, 0.3) is 5.57 Å². The average molecular weight is 541 g/mol.